The molecule has 3 rings (SSSR count). The van der Waals surface area contributed by atoms with Gasteiger partial charge in [0.2, 0.25) is 5.91 Å². The number of likely N-dealkylation sites (tertiary alicyclic amines) is 1. The Bertz CT molecular complexity index is 523. The van der Waals surface area contributed by atoms with Gasteiger partial charge in [-0.2, -0.15) is 0 Å². The predicted molar refractivity (Wildman–Crippen MR) is 89.8 cm³/mol. The molecule has 2 fully saturated rings. The van der Waals surface area contributed by atoms with Crippen molar-refractivity contribution >= 4 is 5.91 Å². The van der Waals surface area contributed by atoms with Crippen LogP contribution in [0.4, 0.5) is 0 Å². The van der Waals surface area contributed by atoms with Gasteiger partial charge in [0.05, 0.1) is 12.6 Å². The summed E-state index contributed by atoms with van der Waals surface area (Å²) in [5.41, 5.74) is 2.44. The van der Waals surface area contributed by atoms with E-state index in [-0.39, 0.29) is 12.0 Å². The van der Waals surface area contributed by atoms with E-state index in [1.165, 1.54) is 24.0 Å². The van der Waals surface area contributed by atoms with E-state index in [1.54, 1.807) is 0 Å². The van der Waals surface area contributed by atoms with Crippen molar-refractivity contribution in [1.82, 2.24) is 15.5 Å². The number of carbonyl (C=O) groups excluding carboxylic acids is 1. The summed E-state index contributed by atoms with van der Waals surface area (Å²) in [6, 6.07) is 8.85. The molecule has 23 heavy (non-hydrogen) atoms. The zero-order valence-corrected chi connectivity index (χ0v) is 13.6. The Kier molecular flexibility index (Phi) is 5.65. The van der Waals surface area contributed by atoms with E-state index >= 15 is 0 Å². The molecule has 3 N–H and O–H groups in total. The Hall–Kier alpha value is -1.43. The highest BCUT2D eigenvalue weighted by atomic mass is 16.3. The van der Waals surface area contributed by atoms with Gasteiger partial charge in [0.25, 0.3) is 0 Å². The highest BCUT2D eigenvalue weighted by Gasteiger charge is 2.21. The number of piperidine rings is 1. The lowest BCUT2D eigenvalue weighted by atomic mass is 10.0. The summed E-state index contributed by atoms with van der Waals surface area (Å²) in [7, 11) is 0. The number of nitrogens with zero attached hydrogens (tertiary/aromatic N) is 1. The normalized spacial score (nSPS) is 19.7. The summed E-state index contributed by atoms with van der Waals surface area (Å²) < 4.78 is 0. The average Bonchev–Trinajstić information content (AvgIpc) is 3.38. The van der Waals surface area contributed by atoms with Crippen LogP contribution >= 0.6 is 0 Å². The number of carbonyl (C=O) groups is 1. The van der Waals surface area contributed by atoms with Crippen LogP contribution in [0.2, 0.25) is 0 Å². The number of hydrogen-bond donors (Lipinski definition) is 3. The molecule has 1 aliphatic carbocycles. The molecule has 1 saturated heterocycles. The van der Waals surface area contributed by atoms with Crippen molar-refractivity contribution in [2.75, 3.05) is 19.6 Å². The fraction of sp³-hybridized carbons (Fsp3) is 0.611. The van der Waals surface area contributed by atoms with Gasteiger partial charge in [-0.15, -0.1) is 0 Å². The maximum Gasteiger partial charge on any atom is 0.234 e. The molecule has 5 nitrogen and oxygen atoms in total. The van der Waals surface area contributed by atoms with Crippen LogP contribution in [0.15, 0.2) is 24.3 Å². The molecule has 0 bridgehead atoms. The molecule has 0 unspecified atom stereocenters. The van der Waals surface area contributed by atoms with Crippen LogP contribution in [0, 0.1) is 0 Å². The molecule has 0 radical (unpaired) electrons. The molecular weight excluding hydrogens is 290 g/mol. The number of aliphatic hydroxyl groups excluding tert-OH is 1. The quantitative estimate of drug-likeness (QED) is 0.702. The van der Waals surface area contributed by atoms with E-state index in [0.29, 0.717) is 19.1 Å². The van der Waals surface area contributed by atoms with E-state index in [9.17, 15) is 9.90 Å². The third-order valence-corrected chi connectivity index (χ3v) is 4.67. The monoisotopic (exact) mass is 317 g/mol. The molecule has 1 amide bonds. The Morgan fingerprint density at radius 1 is 1.13 bits per heavy atom. The first-order valence-corrected chi connectivity index (χ1v) is 8.68. The standard InChI is InChI=1S/C18H27N3O2/c22-17-7-9-21(10-8-17)13-15-4-2-1-3-14(15)11-20-18(23)12-19-16-5-6-16/h1-4,16-17,19,22H,5-13H2,(H,20,23). The SMILES string of the molecule is O=C(CNC1CC1)NCc1ccccc1CN1CCC(O)CC1. The Morgan fingerprint density at radius 3 is 2.52 bits per heavy atom. The van der Waals surface area contributed by atoms with Crippen LogP contribution in [0.3, 0.4) is 0 Å². The van der Waals surface area contributed by atoms with Crippen LogP contribution in [-0.2, 0) is 17.9 Å². The van der Waals surface area contributed by atoms with Crippen LogP contribution in [0.25, 0.3) is 0 Å². The number of amides is 1. The largest absolute Gasteiger partial charge is 0.393 e. The summed E-state index contributed by atoms with van der Waals surface area (Å²) in [5, 5.41) is 15.8. The molecular formula is C18H27N3O2. The summed E-state index contributed by atoms with van der Waals surface area (Å²) in [6.07, 6.45) is 3.96. The van der Waals surface area contributed by atoms with Crippen molar-refractivity contribution in [2.24, 2.45) is 0 Å². The average molecular weight is 317 g/mol. The smallest absolute Gasteiger partial charge is 0.234 e. The van der Waals surface area contributed by atoms with Crippen molar-refractivity contribution < 1.29 is 9.90 Å². The Morgan fingerprint density at radius 2 is 1.83 bits per heavy atom. The first kappa shape index (κ1) is 16.4. The Balaban J connectivity index is 1.49. The van der Waals surface area contributed by atoms with Gasteiger partial charge in [-0.1, -0.05) is 24.3 Å². The zero-order chi connectivity index (χ0) is 16.1. The van der Waals surface area contributed by atoms with Crippen LogP contribution in [-0.4, -0.2) is 47.7 Å². The molecule has 1 saturated carbocycles. The van der Waals surface area contributed by atoms with Gasteiger partial charge in [-0.05, 0) is 36.8 Å². The Labute approximate surface area is 138 Å². The van der Waals surface area contributed by atoms with Crippen molar-refractivity contribution in [1.29, 1.82) is 0 Å². The second-order valence-corrected chi connectivity index (χ2v) is 6.71. The minimum absolute atomic E-state index is 0.0628. The third kappa shape index (κ3) is 5.30. The maximum atomic E-state index is 11.9. The topological polar surface area (TPSA) is 64.6 Å². The maximum absolute atomic E-state index is 11.9. The van der Waals surface area contributed by atoms with Gasteiger partial charge in [0.1, 0.15) is 0 Å². The van der Waals surface area contributed by atoms with Crippen LogP contribution in [0.1, 0.15) is 36.8 Å². The molecule has 1 aliphatic heterocycles. The highest BCUT2D eigenvalue weighted by molar-refractivity contribution is 5.78. The number of rotatable bonds is 7. The van der Waals surface area contributed by atoms with E-state index < -0.39 is 0 Å². The van der Waals surface area contributed by atoms with E-state index in [0.717, 1.165) is 32.5 Å². The second-order valence-electron chi connectivity index (χ2n) is 6.71. The fourth-order valence-electron chi connectivity index (χ4n) is 2.98. The van der Waals surface area contributed by atoms with Crippen molar-refractivity contribution in [2.45, 2.75) is 50.9 Å². The van der Waals surface area contributed by atoms with Gasteiger partial charge in [-0.3, -0.25) is 9.69 Å². The van der Waals surface area contributed by atoms with Gasteiger partial charge in [0.15, 0.2) is 0 Å². The van der Waals surface area contributed by atoms with Crippen LogP contribution in [0.5, 0.6) is 0 Å². The molecule has 5 heteroatoms. The zero-order valence-electron chi connectivity index (χ0n) is 13.6. The third-order valence-electron chi connectivity index (χ3n) is 4.67. The van der Waals surface area contributed by atoms with Gasteiger partial charge in [-0.25, -0.2) is 0 Å². The van der Waals surface area contributed by atoms with Crippen molar-refractivity contribution in [3.8, 4) is 0 Å². The minimum atomic E-state index is -0.139. The summed E-state index contributed by atoms with van der Waals surface area (Å²) in [4.78, 5) is 14.3. The fourth-order valence-corrected chi connectivity index (χ4v) is 2.98. The molecule has 1 aromatic rings. The molecule has 2 aliphatic rings. The first-order chi connectivity index (χ1) is 11.2. The number of benzene rings is 1. The number of hydrogen-bond acceptors (Lipinski definition) is 4. The lowest BCUT2D eigenvalue weighted by Gasteiger charge is -2.30. The molecule has 1 aromatic carbocycles. The molecule has 0 spiro atoms. The molecule has 0 aromatic heterocycles. The van der Waals surface area contributed by atoms with Crippen LogP contribution < -0.4 is 10.6 Å². The lowest BCUT2D eigenvalue weighted by molar-refractivity contribution is -0.120. The molecule has 0 atom stereocenters. The van der Waals surface area contributed by atoms with E-state index in [1.807, 2.05) is 12.1 Å². The predicted octanol–water partition coefficient (Wildman–Crippen LogP) is 1.01. The molecule has 1 heterocycles. The van der Waals surface area contributed by atoms with E-state index in [4.69, 9.17) is 0 Å². The number of nitrogens with one attached hydrogen (secondary N) is 2. The van der Waals surface area contributed by atoms with Gasteiger partial charge >= 0.3 is 0 Å². The lowest BCUT2D eigenvalue weighted by Crippen LogP contribution is -2.36. The minimum Gasteiger partial charge on any atom is -0.393 e. The summed E-state index contributed by atoms with van der Waals surface area (Å²) >= 11 is 0. The number of aliphatic hydroxyl groups is 1. The first-order valence-electron chi connectivity index (χ1n) is 8.68. The van der Waals surface area contributed by atoms with Crippen molar-refractivity contribution in [3.63, 3.8) is 0 Å². The molecule has 126 valence electrons. The second kappa shape index (κ2) is 7.90. The van der Waals surface area contributed by atoms with Gasteiger partial charge in [0, 0.05) is 32.2 Å². The van der Waals surface area contributed by atoms with Gasteiger partial charge < -0.3 is 15.7 Å². The summed E-state index contributed by atoms with van der Waals surface area (Å²) in [6.45, 7) is 3.76. The summed E-state index contributed by atoms with van der Waals surface area (Å²) in [5.74, 6) is 0.0628. The van der Waals surface area contributed by atoms with Crippen molar-refractivity contribution in [3.05, 3.63) is 35.4 Å². The van der Waals surface area contributed by atoms with E-state index in [2.05, 4.69) is 27.7 Å². The highest BCUT2D eigenvalue weighted by Crippen LogP contribution is 2.18.